The number of methoxy groups -OCH3 is 1. The average molecular weight is 285 g/mol. The summed E-state index contributed by atoms with van der Waals surface area (Å²) in [5.41, 5.74) is 2.14. The molecule has 0 saturated carbocycles. The fraction of sp³-hybridized carbons (Fsp3) is 0.0714. The average Bonchev–Trinajstić information content (AvgIpc) is 2.95. The third-order valence-corrected chi connectivity index (χ3v) is 3.51. The van der Waals surface area contributed by atoms with Gasteiger partial charge in [-0.1, -0.05) is 6.07 Å². The summed E-state index contributed by atoms with van der Waals surface area (Å²) in [6.07, 6.45) is 1.76. The van der Waals surface area contributed by atoms with Crippen LogP contribution in [0.2, 0.25) is 0 Å². The second-order valence-electron chi connectivity index (χ2n) is 4.07. The predicted octanol–water partition coefficient (Wildman–Crippen LogP) is 3.22. The van der Waals surface area contributed by atoms with E-state index in [-0.39, 0.29) is 0 Å². The van der Waals surface area contributed by atoms with Crippen LogP contribution < -0.4 is 5.32 Å². The van der Waals surface area contributed by atoms with E-state index in [0.29, 0.717) is 10.8 Å². The molecule has 3 aromatic rings. The van der Waals surface area contributed by atoms with Crippen molar-refractivity contribution in [2.75, 3.05) is 12.4 Å². The summed E-state index contributed by atoms with van der Waals surface area (Å²) in [5.74, 6) is -0.433. The normalized spacial score (nSPS) is 10.4. The Bertz CT molecular complexity index is 770. The Balaban J connectivity index is 1.85. The number of carbonyl (C=O) groups is 1. The van der Waals surface area contributed by atoms with Crippen molar-refractivity contribution in [2.24, 2.45) is 0 Å². The fourth-order valence-electron chi connectivity index (χ4n) is 1.81. The predicted molar refractivity (Wildman–Crippen MR) is 78.5 cm³/mol. The first-order chi connectivity index (χ1) is 9.76. The quantitative estimate of drug-likeness (QED) is 0.748. The minimum atomic E-state index is -0.433. The Labute approximate surface area is 119 Å². The van der Waals surface area contributed by atoms with Gasteiger partial charge in [-0.25, -0.2) is 9.78 Å². The molecule has 100 valence electrons. The lowest BCUT2D eigenvalue weighted by Gasteiger charge is -2.03. The number of fused-ring (bicyclic) bond motifs is 1. The maximum atomic E-state index is 11.3. The van der Waals surface area contributed by atoms with Gasteiger partial charge in [-0.3, -0.25) is 4.98 Å². The Morgan fingerprint density at radius 3 is 3.10 bits per heavy atom. The Morgan fingerprint density at radius 2 is 2.25 bits per heavy atom. The summed E-state index contributed by atoms with van der Waals surface area (Å²) in [7, 11) is 1.34. The van der Waals surface area contributed by atoms with E-state index >= 15 is 0 Å². The van der Waals surface area contributed by atoms with Crippen LogP contribution in [0.15, 0.2) is 41.9 Å². The van der Waals surface area contributed by atoms with E-state index in [4.69, 9.17) is 0 Å². The van der Waals surface area contributed by atoms with Crippen LogP contribution in [-0.2, 0) is 4.74 Å². The molecule has 20 heavy (non-hydrogen) atoms. The monoisotopic (exact) mass is 285 g/mol. The number of esters is 1. The van der Waals surface area contributed by atoms with Crippen molar-refractivity contribution in [1.82, 2.24) is 9.97 Å². The van der Waals surface area contributed by atoms with Gasteiger partial charge in [0.15, 0.2) is 10.8 Å². The number of benzene rings is 1. The van der Waals surface area contributed by atoms with Crippen LogP contribution in [0, 0.1) is 0 Å². The molecule has 0 aliphatic heterocycles. The van der Waals surface area contributed by atoms with E-state index in [1.165, 1.54) is 18.4 Å². The lowest BCUT2D eigenvalue weighted by atomic mass is 10.2. The van der Waals surface area contributed by atoms with E-state index in [0.717, 1.165) is 16.6 Å². The second-order valence-corrected chi connectivity index (χ2v) is 4.92. The maximum Gasteiger partial charge on any atom is 0.357 e. The van der Waals surface area contributed by atoms with Gasteiger partial charge < -0.3 is 10.1 Å². The van der Waals surface area contributed by atoms with Crippen molar-refractivity contribution in [3.05, 3.63) is 47.6 Å². The number of nitrogens with one attached hydrogen (secondary N) is 1. The van der Waals surface area contributed by atoms with Crippen LogP contribution >= 0.6 is 11.3 Å². The molecule has 0 bridgehead atoms. The third-order valence-electron chi connectivity index (χ3n) is 2.75. The van der Waals surface area contributed by atoms with Gasteiger partial charge in [-0.15, -0.1) is 11.3 Å². The molecule has 1 N–H and O–H groups in total. The van der Waals surface area contributed by atoms with Gasteiger partial charge in [0.1, 0.15) is 0 Å². The zero-order chi connectivity index (χ0) is 13.9. The van der Waals surface area contributed by atoms with Crippen molar-refractivity contribution >= 4 is 39.0 Å². The van der Waals surface area contributed by atoms with Gasteiger partial charge >= 0.3 is 5.97 Å². The molecule has 5 nitrogen and oxygen atoms in total. The maximum absolute atomic E-state index is 11.3. The van der Waals surface area contributed by atoms with Crippen LogP contribution in [0.4, 0.5) is 10.8 Å². The van der Waals surface area contributed by atoms with Gasteiger partial charge in [0.25, 0.3) is 0 Å². The first-order valence-corrected chi connectivity index (χ1v) is 6.80. The van der Waals surface area contributed by atoms with E-state index in [2.05, 4.69) is 20.0 Å². The molecular weight excluding hydrogens is 274 g/mol. The zero-order valence-corrected chi connectivity index (χ0v) is 11.5. The highest BCUT2D eigenvalue weighted by atomic mass is 32.1. The second kappa shape index (κ2) is 5.26. The van der Waals surface area contributed by atoms with Crippen LogP contribution in [0.1, 0.15) is 10.5 Å². The molecule has 0 unspecified atom stereocenters. The zero-order valence-electron chi connectivity index (χ0n) is 10.7. The van der Waals surface area contributed by atoms with Gasteiger partial charge in [-0.05, 0) is 24.3 Å². The molecule has 0 radical (unpaired) electrons. The molecule has 1 aromatic carbocycles. The SMILES string of the molecule is COC(=O)c1csc(Nc2ccc3ncccc3c2)n1. The molecule has 0 aliphatic carbocycles. The highest BCUT2D eigenvalue weighted by molar-refractivity contribution is 7.14. The molecule has 2 heterocycles. The molecule has 6 heteroatoms. The largest absolute Gasteiger partial charge is 0.464 e. The summed E-state index contributed by atoms with van der Waals surface area (Å²) >= 11 is 1.35. The molecule has 3 rings (SSSR count). The summed E-state index contributed by atoms with van der Waals surface area (Å²) in [5, 5.41) is 6.52. The van der Waals surface area contributed by atoms with Gasteiger partial charge in [0, 0.05) is 22.7 Å². The van der Waals surface area contributed by atoms with E-state index in [1.54, 1.807) is 11.6 Å². The van der Waals surface area contributed by atoms with E-state index in [9.17, 15) is 4.79 Å². The standard InChI is InChI=1S/C14H11N3O2S/c1-19-13(18)12-8-20-14(17-12)16-10-4-5-11-9(7-10)3-2-6-15-11/h2-8H,1H3,(H,16,17). The lowest BCUT2D eigenvalue weighted by molar-refractivity contribution is 0.0595. The number of pyridine rings is 1. The number of carbonyl (C=O) groups excluding carboxylic acids is 1. The first-order valence-electron chi connectivity index (χ1n) is 5.92. The number of anilines is 2. The minimum absolute atomic E-state index is 0.308. The molecule has 2 aromatic heterocycles. The van der Waals surface area contributed by atoms with Crippen LogP contribution in [-0.4, -0.2) is 23.0 Å². The van der Waals surface area contributed by atoms with Crippen molar-refractivity contribution in [3.63, 3.8) is 0 Å². The number of rotatable bonds is 3. The highest BCUT2D eigenvalue weighted by Crippen LogP contribution is 2.23. The summed E-state index contributed by atoms with van der Waals surface area (Å²) in [6, 6.07) is 9.74. The van der Waals surface area contributed by atoms with Crippen molar-refractivity contribution in [1.29, 1.82) is 0 Å². The molecule has 0 fully saturated rings. The van der Waals surface area contributed by atoms with Crippen LogP contribution in [0.5, 0.6) is 0 Å². The Morgan fingerprint density at radius 1 is 1.35 bits per heavy atom. The third kappa shape index (κ3) is 2.46. The van der Waals surface area contributed by atoms with Crippen molar-refractivity contribution < 1.29 is 9.53 Å². The number of hydrogen-bond donors (Lipinski definition) is 1. The molecule has 0 saturated heterocycles. The number of ether oxygens (including phenoxy) is 1. The van der Waals surface area contributed by atoms with Crippen LogP contribution in [0.3, 0.4) is 0 Å². The van der Waals surface area contributed by atoms with Gasteiger partial charge in [0.2, 0.25) is 0 Å². The molecule has 0 amide bonds. The van der Waals surface area contributed by atoms with Gasteiger partial charge in [0.05, 0.1) is 12.6 Å². The smallest absolute Gasteiger partial charge is 0.357 e. The van der Waals surface area contributed by atoms with Crippen LogP contribution in [0.25, 0.3) is 10.9 Å². The Hall–Kier alpha value is -2.47. The lowest BCUT2D eigenvalue weighted by Crippen LogP contribution is -2.01. The number of thiazole rings is 1. The topological polar surface area (TPSA) is 64.1 Å². The van der Waals surface area contributed by atoms with Crippen molar-refractivity contribution in [3.8, 4) is 0 Å². The highest BCUT2D eigenvalue weighted by Gasteiger charge is 2.10. The Kier molecular flexibility index (Phi) is 3.30. The molecule has 0 atom stereocenters. The molecule has 0 aliphatic rings. The number of aromatic nitrogens is 2. The van der Waals surface area contributed by atoms with Gasteiger partial charge in [-0.2, -0.15) is 0 Å². The first kappa shape index (κ1) is 12.6. The molecular formula is C14H11N3O2S. The number of nitrogens with zero attached hydrogens (tertiary/aromatic N) is 2. The van der Waals surface area contributed by atoms with E-state index < -0.39 is 5.97 Å². The van der Waals surface area contributed by atoms with Crippen molar-refractivity contribution in [2.45, 2.75) is 0 Å². The molecule has 0 spiro atoms. The number of hydrogen-bond acceptors (Lipinski definition) is 6. The van der Waals surface area contributed by atoms with E-state index in [1.807, 2.05) is 30.3 Å². The summed E-state index contributed by atoms with van der Waals surface area (Å²) < 4.78 is 4.63. The summed E-state index contributed by atoms with van der Waals surface area (Å²) in [6.45, 7) is 0. The summed E-state index contributed by atoms with van der Waals surface area (Å²) in [4.78, 5) is 19.8. The minimum Gasteiger partial charge on any atom is -0.464 e. The fourth-order valence-corrected chi connectivity index (χ4v) is 2.51.